The highest BCUT2D eigenvalue weighted by Gasteiger charge is 2.38. The second-order valence-corrected chi connectivity index (χ2v) is 14.1. The summed E-state index contributed by atoms with van der Waals surface area (Å²) in [6.45, 7) is 0. The van der Waals surface area contributed by atoms with Gasteiger partial charge in [0.2, 0.25) is 0 Å². The van der Waals surface area contributed by atoms with E-state index in [1.165, 1.54) is 61.1 Å². The van der Waals surface area contributed by atoms with Gasteiger partial charge in [-0.3, -0.25) is 0 Å². The molecular formula is C52H38N2. The fraction of sp³-hybridized carbons (Fsp3) is 0.0385. The molecule has 0 radical (unpaired) electrons. The lowest BCUT2D eigenvalue weighted by atomic mass is 9.90. The minimum absolute atomic E-state index is 0.275. The normalized spacial score (nSPS) is 15.6. The van der Waals surface area contributed by atoms with Crippen molar-refractivity contribution in [3.05, 3.63) is 224 Å². The van der Waals surface area contributed by atoms with E-state index in [0.717, 1.165) is 17.1 Å². The first-order valence-electron chi connectivity index (χ1n) is 18.8. The maximum Gasteiger partial charge on any atom is 0.0629 e. The summed E-state index contributed by atoms with van der Waals surface area (Å²) < 4.78 is 0. The molecule has 0 fully saturated rings. The van der Waals surface area contributed by atoms with Gasteiger partial charge in [0.15, 0.2) is 0 Å². The third-order valence-electron chi connectivity index (χ3n) is 11.0. The van der Waals surface area contributed by atoms with Crippen LogP contribution < -0.4 is 9.80 Å². The highest BCUT2D eigenvalue weighted by atomic mass is 15.2. The Bertz CT molecular complexity index is 2540. The lowest BCUT2D eigenvalue weighted by Crippen LogP contribution is -2.28. The average molecular weight is 691 g/mol. The van der Waals surface area contributed by atoms with Crippen LogP contribution in [-0.4, -0.2) is 6.04 Å². The van der Waals surface area contributed by atoms with E-state index in [1.54, 1.807) is 0 Å². The van der Waals surface area contributed by atoms with Crippen LogP contribution in [0.4, 0.5) is 28.4 Å². The first-order chi connectivity index (χ1) is 26.8. The minimum atomic E-state index is 0.275. The van der Waals surface area contributed by atoms with Crippen LogP contribution >= 0.6 is 0 Å². The van der Waals surface area contributed by atoms with Crippen molar-refractivity contribution in [1.29, 1.82) is 0 Å². The van der Waals surface area contributed by atoms with Crippen LogP contribution in [0, 0.1) is 0 Å². The van der Waals surface area contributed by atoms with Gasteiger partial charge in [0.05, 0.1) is 11.7 Å². The maximum absolute atomic E-state index is 2.53. The molecule has 1 aliphatic heterocycles. The number of hydrogen-bond acceptors (Lipinski definition) is 2. The zero-order chi connectivity index (χ0) is 35.8. The van der Waals surface area contributed by atoms with E-state index in [-0.39, 0.29) is 6.04 Å². The molecule has 10 rings (SSSR count). The van der Waals surface area contributed by atoms with Gasteiger partial charge in [0.25, 0.3) is 0 Å². The first kappa shape index (κ1) is 31.8. The van der Waals surface area contributed by atoms with Gasteiger partial charge in [0, 0.05) is 34.1 Å². The Kier molecular flexibility index (Phi) is 8.00. The number of nitrogens with zero attached hydrogens (tertiary/aromatic N) is 2. The van der Waals surface area contributed by atoms with Crippen LogP contribution in [0.3, 0.4) is 0 Å². The Hall–Kier alpha value is -6.90. The van der Waals surface area contributed by atoms with Crippen molar-refractivity contribution in [2.75, 3.05) is 9.80 Å². The van der Waals surface area contributed by atoms with Crippen molar-refractivity contribution in [2.45, 2.75) is 12.0 Å². The van der Waals surface area contributed by atoms with E-state index in [9.17, 15) is 0 Å². The van der Waals surface area contributed by atoms with Gasteiger partial charge in [-0.05, 0) is 98.9 Å². The largest absolute Gasteiger partial charge is 0.333 e. The van der Waals surface area contributed by atoms with Crippen LogP contribution in [0.5, 0.6) is 0 Å². The average Bonchev–Trinajstić information content (AvgIpc) is 3.60. The summed E-state index contributed by atoms with van der Waals surface area (Å²) in [4.78, 5) is 4.88. The maximum atomic E-state index is 2.53. The Morgan fingerprint density at radius 1 is 0.389 bits per heavy atom. The summed E-state index contributed by atoms with van der Waals surface area (Å²) in [5.41, 5.74) is 14.5. The molecule has 2 heteroatoms. The minimum Gasteiger partial charge on any atom is -0.333 e. The zero-order valence-corrected chi connectivity index (χ0v) is 29.8. The third-order valence-corrected chi connectivity index (χ3v) is 11.0. The van der Waals surface area contributed by atoms with Crippen LogP contribution in [0.1, 0.15) is 11.5 Å². The van der Waals surface area contributed by atoms with E-state index in [1.807, 2.05) is 0 Å². The van der Waals surface area contributed by atoms with E-state index in [0.29, 0.717) is 5.92 Å². The Morgan fingerprint density at radius 3 is 1.41 bits per heavy atom. The van der Waals surface area contributed by atoms with Crippen molar-refractivity contribution in [3.63, 3.8) is 0 Å². The standard InChI is InChI=1S/C52H38N2/c1-4-12-37(13-5-1)39-20-28-45(29-21-39)53(46-30-22-40(23-31-46)38-14-6-2-7-15-38)47-32-24-41(25-33-47)42-26-34-48-43(36-42)27-35-50-49-18-10-11-19-51(49)54(52(48)50)44-16-8-3-9-17-44/h1-36,49,51H. The van der Waals surface area contributed by atoms with Crippen LogP contribution in [0.25, 0.3) is 44.2 Å². The topological polar surface area (TPSA) is 6.48 Å². The third kappa shape index (κ3) is 5.70. The zero-order valence-electron chi connectivity index (χ0n) is 29.8. The molecule has 2 aliphatic rings. The smallest absolute Gasteiger partial charge is 0.0629 e. The van der Waals surface area contributed by atoms with Crippen molar-refractivity contribution in [2.24, 2.45) is 0 Å². The summed E-state index contributed by atoms with van der Waals surface area (Å²) in [5, 5.41) is 2.54. The predicted molar refractivity (Wildman–Crippen MR) is 228 cm³/mol. The van der Waals surface area contributed by atoms with Crippen LogP contribution in [0.15, 0.2) is 218 Å². The first-order valence-corrected chi connectivity index (χ1v) is 18.8. The van der Waals surface area contributed by atoms with Gasteiger partial charge < -0.3 is 9.80 Å². The van der Waals surface area contributed by atoms with Gasteiger partial charge in [-0.1, -0.05) is 164 Å². The second kappa shape index (κ2) is 13.6. The number of rotatable bonds is 7. The fourth-order valence-electron chi connectivity index (χ4n) is 8.33. The van der Waals surface area contributed by atoms with Gasteiger partial charge in [-0.25, -0.2) is 0 Å². The number of benzene rings is 8. The van der Waals surface area contributed by atoms with Crippen molar-refractivity contribution >= 4 is 39.2 Å². The molecule has 0 saturated heterocycles. The molecule has 0 bridgehead atoms. The quantitative estimate of drug-likeness (QED) is 0.164. The van der Waals surface area contributed by atoms with E-state index < -0.39 is 0 Å². The number of hydrogen-bond donors (Lipinski definition) is 0. The lowest BCUT2D eigenvalue weighted by Gasteiger charge is -2.29. The van der Waals surface area contributed by atoms with Crippen molar-refractivity contribution < 1.29 is 0 Å². The molecule has 0 saturated carbocycles. The highest BCUT2D eigenvalue weighted by Crippen LogP contribution is 2.51. The lowest BCUT2D eigenvalue weighted by molar-refractivity contribution is 0.745. The fourth-order valence-corrected chi connectivity index (χ4v) is 8.33. The number of allylic oxidation sites excluding steroid dienone is 2. The van der Waals surface area contributed by atoms with Crippen LogP contribution in [0.2, 0.25) is 0 Å². The SMILES string of the molecule is C1=CC2c3ccc4cc(-c5ccc(N(c6ccc(-c7ccccc7)cc6)c6ccc(-c7ccccc7)cc6)cc5)ccc4c3N(c3ccccc3)C2C=C1. The molecule has 0 spiro atoms. The molecule has 0 N–H and O–H groups in total. The Balaban J connectivity index is 1.01. The van der Waals surface area contributed by atoms with E-state index in [2.05, 4.69) is 228 Å². The Labute approximate surface area is 317 Å². The number of anilines is 5. The summed E-state index contributed by atoms with van der Waals surface area (Å²) >= 11 is 0. The molecule has 1 aliphatic carbocycles. The molecule has 2 unspecified atom stereocenters. The summed E-state index contributed by atoms with van der Waals surface area (Å²) in [7, 11) is 0. The number of fused-ring (bicyclic) bond motifs is 5. The van der Waals surface area contributed by atoms with Gasteiger partial charge in [-0.2, -0.15) is 0 Å². The van der Waals surface area contributed by atoms with Gasteiger partial charge in [0.1, 0.15) is 0 Å². The summed E-state index contributed by atoms with van der Waals surface area (Å²) in [6.07, 6.45) is 9.08. The summed E-state index contributed by atoms with van der Waals surface area (Å²) in [6, 6.07) is 70.6. The van der Waals surface area contributed by atoms with Gasteiger partial charge >= 0.3 is 0 Å². The van der Waals surface area contributed by atoms with E-state index in [4.69, 9.17) is 0 Å². The van der Waals surface area contributed by atoms with Crippen molar-refractivity contribution in [3.8, 4) is 33.4 Å². The molecule has 1 heterocycles. The number of para-hydroxylation sites is 1. The van der Waals surface area contributed by atoms with Crippen molar-refractivity contribution in [1.82, 2.24) is 0 Å². The summed E-state index contributed by atoms with van der Waals surface area (Å²) in [5.74, 6) is 0.342. The molecule has 256 valence electrons. The molecule has 8 aromatic carbocycles. The molecule has 2 nitrogen and oxygen atoms in total. The molecule has 0 aromatic heterocycles. The molecule has 2 atom stereocenters. The Morgan fingerprint density at radius 2 is 0.852 bits per heavy atom. The van der Waals surface area contributed by atoms with E-state index >= 15 is 0 Å². The highest BCUT2D eigenvalue weighted by molar-refractivity contribution is 6.02. The molecule has 8 aromatic rings. The molecular weight excluding hydrogens is 653 g/mol. The monoisotopic (exact) mass is 690 g/mol. The predicted octanol–water partition coefficient (Wildman–Crippen LogP) is 14.0. The molecule has 54 heavy (non-hydrogen) atoms. The van der Waals surface area contributed by atoms with Crippen LogP contribution in [-0.2, 0) is 0 Å². The second-order valence-electron chi connectivity index (χ2n) is 14.1. The molecule has 0 amide bonds. The van der Waals surface area contributed by atoms with Gasteiger partial charge in [-0.15, -0.1) is 0 Å².